The van der Waals surface area contributed by atoms with Gasteiger partial charge >= 0.3 is 0 Å². The standard InChI is InChI=1S/C11H14N8OS/c12-18-8-15-9(19-5-1-2-6-19)17-11(16-8)21-10-13-4-3-7(20)14-10/h3-4H,1-2,5-6,12H2,(H,13,14,20)(H,15,16,17,18). The van der Waals surface area contributed by atoms with Crippen LogP contribution >= 0.6 is 11.8 Å². The molecule has 110 valence electrons. The second-order valence-electron chi connectivity index (χ2n) is 4.42. The molecule has 2 aromatic rings. The van der Waals surface area contributed by atoms with Gasteiger partial charge in [-0.2, -0.15) is 15.0 Å². The Labute approximate surface area is 124 Å². The van der Waals surface area contributed by atoms with Gasteiger partial charge in [0.1, 0.15) is 0 Å². The van der Waals surface area contributed by atoms with E-state index in [1.165, 1.54) is 12.3 Å². The van der Waals surface area contributed by atoms with Gasteiger partial charge in [-0.15, -0.1) is 0 Å². The van der Waals surface area contributed by atoms with Crippen LogP contribution in [0.2, 0.25) is 0 Å². The summed E-state index contributed by atoms with van der Waals surface area (Å²) in [5, 5.41) is 0.846. The minimum absolute atomic E-state index is 0.224. The van der Waals surface area contributed by atoms with Crippen molar-refractivity contribution in [1.29, 1.82) is 0 Å². The molecule has 0 saturated carbocycles. The zero-order valence-electron chi connectivity index (χ0n) is 11.1. The van der Waals surface area contributed by atoms with Crippen molar-refractivity contribution in [1.82, 2.24) is 24.9 Å². The monoisotopic (exact) mass is 306 g/mol. The Balaban J connectivity index is 1.90. The quantitative estimate of drug-likeness (QED) is 0.406. The number of H-pyrrole nitrogens is 1. The number of nitrogens with two attached hydrogens (primary N) is 1. The number of rotatable bonds is 4. The summed E-state index contributed by atoms with van der Waals surface area (Å²) in [6.07, 6.45) is 3.67. The van der Waals surface area contributed by atoms with Crippen molar-refractivity contribution in [2.75, 3.05) is 23.4 Å². The lowest BCUT2D eigenvalue weighted by molar-refractivity contribution is 0.822. The van der Waals surface area contributed by atoms with E-state index in [4.69, 9.17) is 5.84 Å². The number of hydrogen-bond acceptors (Lipinski definition) is 9. The summed E-state index contributed by atoms with van der Waals surface area (Å²) in [5.41, 5.74) is 2.21. The Morgan fingerprint density at radius 2 is 2.10 bits per heavy atom. The molecule has 10 heteroatoms. The van der Waals surface area contributed by atoms with Gasteiger partial charge in [0.05, 0.1) is 0 Å². The molecule has 0 aromatic carbocycles. The number of hydrazine groups is 1. The van der Waals surface area contributed by atoms with Gasteiger partial charge in [-0.3, -0.25) is 10.2 Å². The highest BCUT2D eigenvalue weighted by Crippen LogP contribution is 2.24. The Morgan fingerprint density at radius 1 is 1.29 bits per heavy atom. The van der Waals surface area contributed by atoms with Crippen LogP contribution in [0.5, 0.6) is 0 Å². The summed E-state index contributed by atoms with van der Waals surface area (Å²) >= 11 is 1.15. The van der Waals surface area contributed by atoms with Crippen LogP contribution in [0.1, 0.15) is 12.8 Å². The lowest BCUT2D eigenvalue weighted by atomic mass is 10.4. The minimum Gasteiger partial charge on any atom is -0.341 e. The average Bonchev–Trinajstić information content (AvgIpc) is 3.01. The van der Waals surface area contributed by atoms with Crippen molar-refractivity contribution >= 4 is 23.7 Å². The van der Waals surface area contributed by atoms with Crippen LogP contribution in [0.15, 0.2) is 27.4 Å². The predicted molar refractivity (Wildman–Crippen MR) is 78.1 cm³/mol. The van der Waals surface area contributed by atoms with Gasteiger partial charge in [0.2, 0.25) is 17.1 Å². The molecule has 9 nitrogen and oxygen atoms in total. The molecular weight excluding hydrogens is 292 g/mol. The molecule has 0 atom stereocenters. The van der Waals surface area contributed by atoms with E-state index >= 15 is 0 Å². The minimum atomic E-state index is -0.224. The van der Waals surface area contributed by atoms with Crippen LogP contribution in [0, 0.1) is 0 Å². The fourth-order valence-corrected chi connectivity index (χ4v) is 2.70. The molecule has 21 heavy (non-hydrogen) atoms. The summed E-state index contributed by atoms with van der Waals surface area (Å²) in [5.74, 6) is 6.26. The average molecular weight is 306 g/mol. The number of aromatic nitrogens is 5. The fourth-order valence-electron chi connectivity index (χ4n) is 2.00. The van der Waals surface area contributed by atoms with Gasteiger partial charge in [0, 0.05) is 25.4 Å². The van der Waals surface area contributed by atoms with Crippen molar-refractivity contribution in [3.63, 3.8) is 0 Å². The van der Waals surface area contributed by atoms with E-state index in [0.29, 0.717) is 16.3 Å². The second kappa shape index (κ2) is 6.06. The van der Waals surface area contributed by atoms with Crippen LogP contribution in [-0.2, 0) is 0 Å². The molecule has 3 heterocycles. The molecule has 1 aliphatic heterocycles. The number of aromatic amines is 1. The van der Waals surface area contributed by atoms with Crippen molar-refractivity contribution in [3.8, 4) is 0 Å². The van der Waals surface area contributed by atoms with Crippen molar-refractivity contribution in [2.24, 2.45) is 5.84 Å². The van der Waals surface area contributed by atoms with E-state index < -0.39 is 0 Å². The first kappa shape index (κ1) is 13.8. The van der Waals surface area contributed by atoms with Gasteiger partial charge < -0.3 is 9.88 Å². The SMILES string of the molecule is NNc1nc(Sc2nccc(=O)[nH]2)nc(N2CCCC2)n1. The van der Waals surface area contributed by atoms with Crippen LogP contribution in [0.4, 0.5) is 11.9 Å². The molecule has 4 N–H and O–H groups in total. The molecule has 0 radical (unpaired) electrons. The molecule has 3 rings (SSSR count). The molecule has 0 aliphatic carbocycles. The zero-order valence-corrected chi connectivity index (χ0v) is 11.9. The highest BCUT2D eigenvalue weighted by molar-refractivity contribution is 7.99. The zero-order chi connectivity index (χ0) is 14.7. The molecule has 0 amide bonds. The maximum Gasteiger partial charge on any atom is 0.251 e. The van der Waals surface area contributed by atoms with Gasteiger partial charge in [-0.05, 0) is 24.6 Å². The highest BCUT2D eigenvalue weighted by Gasteiger charge is 2.17. The van der Waals surface area contributed by atoms with E-state index in [1.54, 1.807) is 0 Å². The second-order valence-corrected chi connectivity index (χ2v) is 5.38. The third-order valence-corrected chi connectivity index (χ3v) is 3.72. The first-order chi connectivity index (χ1) is 10.2. The van der Waals surface area contributed by atoms with Crippen molar-refractivity contribution in [3.05, 3.63) is 22.6 Å². The van der Waals surface area contributed by atoms with Crippen LogP contribution in [0.25, 0.3) is 0 Å². The van der Waals surface area contributed by atoms with Crippen LogP contribution in [0.3, 0.4) is 0 Å². The van der Waals surface area contributed by atoms with Crippen LogP contribution in [-0.4, -0.2) is 38.0 Å². The summed E-state index contributed by atoms with van der Waals surface area (Å²) in [6.45, 7) is 1.83. The molecule has 2 aromatic heterocycles. The fraction of sp³-hybridized carbons (Fsp3) is 0.364. The lowest BCUT2D eigenvalue weighted by Gasteiger charge is -2.15. The molecule has 0 bridgehead atoms. The van der Waals surface area contributed by atoms with Gasteiger partial charge in [-0.25, -0.2) is 10.8 Å². The van der Waals surface area contributed by atoms with E-state index in [0.717, 1.165) is 37.7 Å². The smallest absolute Gasteiger partial charge is 0.251 e. The Kier molecular flexibility index (Phi) is 3.97. The molecule has 0 unspecified atom stereocenters. The number of nitrogen functional groups attached to an aromatic ring is 1. The molecule has 1 aliphatic rings. The van der Waals surface area contributed by atoms with Crippen LogP contribution < -0.4 is 21.7 Å². The summed E-state index contributed by atoms with van der Waals surface area (Å²) in [7, 11) is 0. The summed E-state index contributed by atoms with van der Waals surface area (Å²) in [4.78, 5) is 32.8. The van der Waals surface area contributed by atoms with Gasteiger partial charge in [0.15, 0.2) is 5.16 Å². The van der Waals surface area contributed by atoms with E-state index in [1.807, 2.05) is 0 Å². The first-order valence-corrected chi connectivity index (χ1v) is 7.27. The van der Waals surface area contributed by atoms with Gasteiger partial charge in [-0.1, -0.05) is 0 Å². The maximum atomic E-state index is 11.3. The summed E-state index contributed by atoms with van der Waals surface area (Å²) < 4.78 is 0. The Hall–Kier alpha value is -2.20. The third kappa shape index (κ3) is 3.28. The number of nitrogens with zero attached hydrogens (tertiary/aromatic N) is 5. The van der Waals surface area contributed by atoms with E-state index in [9.17, 15) is 4.79 Å². The van der Waals surface area contributed by atoms with E-state index in [-0.39, 0.29) is 11.5 Å². The highest BCUT2D eigenvalue weighted by atomic mass is 32.2. The topological polar surface area (TPSA) is 126 Å². The predicted octanol–water partition coefficient (Wildman–Crippen LogP) is -0.00810. The molecular formula is C11H14N8OS. The van der Waals surface area contributed by atoms with E-state index in [2.05, 4.69) is 35.2 Å². The first-order valence-electron chi connectivity index (χ1n) is 6.45. The van der Waals surface area contributed by atoms with Gasteiger partial charge in [0.25, 0.3) is 5.56 Å². The maximum absolute atomic E-state index is 11.3. The van der Waals surface area contributed by atoms with Crippen molar-refractivity contribution < 1.29 is 0 Å². The molecule has 0 spiro atoms. The van der Waals surface area contributed by atoms with Crippen molar-refractivity contribution in [2.45, 2.75) is 23.2 Å². The number of anilines is 2. The largest absolute Gasteiger partial charge is 0.341 e. The molecule has 1 fully saturated rings. The third-order valence-electron chi connectivity index (χ3n) is 2.96. The Bertz CT molecular complexity index is 684. The summed E-state index contributed by atoms with van der Waals surface area (Å²) in [6, 6.07) is 1.35. The number of hydrogen-bond donors (Lipinski definition) is 3. The Morgan fingerprint density at radius 3 is 2.81 bits per heavy atom. The normalized spacial score (nSPS) is 14.4. The lowest BCUT2D eigenvalue weighted by Crippen LogP contribution is -2.22. The number of nitrogens with one attached hydrogen (secondary N) is 2. The molecule has 1 saturated heterocycles.